The summed E-state index contributed by atoms with van der Waals surface area (Å²) in [5.74, 6) is -0.349. The fourth-order valence-electron chi connectivity index (χ4n) is 3.33. The molecule has 0 aliphatic heterocycles. The maximum atomic E-state index is 13.3. The summed E-state index contributed by atoms with van der Waals surface area (Å²) in [6, 6.07) is 14.0. The predicted molar refractivity (Wildman–Crippen MR) is 113 cm³/mol. The zero-order chi connectivity index (χ0) is 20.5. The van der Waals surface area contributed by atoms with Gasteiger partial charge in [-0.15, -0.1) is 11.3 Å². The summed E-state index contributed by atoms with van der Waals surface area (Å²) >= 11 is 1.59. The van der Waals surface area contributed by atoms with E-state index in [9.17, 15) is 9.18 Å². The number of carbonyl (C=O) groups is 1. The Morgan fingerprint density at radius 2 is 1.90 bits per heavy atom. The van der Waals surface area contributed by atoms with Gasteiger partial charge in [-0.25, -0.2) is 14.1 Å². The van der Waals surface area contributed by atoms with Crippen LogP contribution in [-0.4, -0.2) is 32.6 Å². The molecule has 0 bridgehead atoms. The van der Waals surface area contributed by atoms with E-state index in [2.05, 4.69) is 10.1 Å². The van der Waals surface area contributed by atoms with Gasteiger partial charge in [0, 0.05) is 7.05 Å². The zero-order valence-corrected chi connectivity index (χ0v) is 17.3. The maximum absolute atomic E-state index is 13.3. The molecule has 0 saturated carbocycles. The molecule has 2 aromatic carbocycles. The molecule has 2 aromatic heterocycles. The van der Waals surface area contributed by atoms with Crippen LogP contribution in [0.3, 0.4) is 0 Å². The second-order valence-corrected chi connectivity index (χ2v) is 8.34. The summed E-state index contributed by atoms with van der Waals surface area (Å²) in [5.41, 5.74) is 3.02. The van der Waals surface area contributed by atoms with Crippen molar-refractivity contribution in [2.45, 2.75) is 26.3 Å². The van der Waals surface area contributed by atoms with Crippen molar-refractivity contribution < 1.29 is 9.18 Å². The topological polar surface area (TPSA) is 51.0 Å². The van der Waals surface area contributed by atoms with E-state index in [1.807, 2.05) is 38.1 Å². The summed E-state index contributed by atoms with van der Waals surface area (Å²) in [4.78, 5) is 19.5. The quantitative estimate of drug-likeness (QED) is 0.466. The second-order valence-electron chi connectivity index (χ2n) is 7.22. The van der Waals surface area contributed by atoms with Crippen molar-refractivity contribution in [3.63, 3.8) is 0 Å². The SMILES string of the molecule is CC(C)c1c(C(=O)N(C)Cc2nc3ccccc3s2)cnn1-c1ccc(F)cc1. The van der Waals surface area contributed by atoms with Crippen LogP contribution < -0.4 is 0 Å². The molecule has 0 aliphatic rings. The van der Waals surface area contributed by atoms with Gasteiger partial charge < -0.3 is 4.90 Å². The van der Waals surface area contributed by atoms with Gasteiger partial charge in [-0.1, -0.05) is 26.0 Å². The first kappa shape index (κ1) is 19.3. The van der Waals surface area contributed by atoms with Crippen LogP contribution in [0.4, 0.5) is 4.39 Å². The number of thiazole rings is 1. The van der Waals surface area contributed by atoms with Crippen LogP contribution in [0.25, 0.3) is 15.9 Å². The normalized spacial score (nSPS) is 11.3. The molecule has 0 radical (unpaired) electrons. The highest BCUT2D eigenvalue weighted by Gasteiger charge is 2.24. The Balaban J connectivity index is 1.62. The van der Waals surface area contributed by atoms with Crippen molar-refractivity contribution in [3.8, 4) is 5.69 Å². The lowest BCUT2D eigenvalue weighted by molar-refractivity contribution is 0.0783. The number of halogens is 1. The average Bonchev–Trinajstić information content (AvgIpc) is 3.31. The van der Waals surface area contributed by atoms with Gasteiger partial charge in [0.25, 0.3) is 5.91 Å². The van der Waals surface area contributed by atoms with Crippen molar-refractivity contribution in [1.82, 2.24) is 19.7 Å². The molecular weight excluding hydrogens is 387 g/mol. The maximum Gasteiger partial charge on any atom is 0.257 e. The van der Waals surface area contributed by atoms with Crippen molar-refractivity contribution in [2.75, 3.05) is 7.05 Å². The van der Waals surface area contributed by atoms with Gasteiger partial charge in [0.15, 0.2) is 0 Å². The summed E-state index contributed by atoms with van der Waals surface area (Å²) in [7, 11) is 1.77. The number of benzene rings is 2. The number of nitrogens with zero attached hydrogens (tertiary/aromatic N) is 4. The van der Waals surface area contributed by atoms with E-state index in [1.165, 1.54) is 12.1 Å². The third-order valence-corrected chi connectivity index (χ3v) is 5.73. The molecular formula is C22H21FN4OS. The summed E-state index contributed by atoms with van der Waals surface area (Å²) in [6.07, 6.45) is 1.59. The van der Waals surface area contributed by atoms with Crippen molar-refractivity contribution >= 4 is 27.5 Å². The van der Waals surface area contributed by atoms with Gasteiger partial charge in [-0.3, -0.25) is 4.79 Å². The van der Waals surface area contributed by atoms with E-state index < -0.39 is 0 Å². The Kier molecular flexibility index (Phi) is 5.15. The third-order valence-electron chi connectivity index (χ3n) is 4.71. The molecule has 0 unspecified atom stereocenters. The highest BCUT2D eigenvalue weighted by Crippen LogP contribution is 2.26. The largest absolute Gasteiger partial charge is 0.335 e. The van der Waals surface area contributed by atoms with Crippen molar-refractivity contribution in [1.29, 1.82) is 0 Å². The van der Waals surface area contributed by atoms with Crippen molar-refractivity contribution in [3.05, 3.63) is 76.8 Å². The van der Waals surface area contributed by atoms with Gasteiger partial charge in [0.1, 0.15) is 10.8 Å². The molecule has 0 N–H and O–H groups in total. The van der Waals surface area contributed by atoms with Crippen LogP contribution in [0, 0.1) is 5.82 Å². The number of rotatable bonds is 5. The zero-order valence-electron chi connectivity index (χ0n) is 16.5. The molecule has 2 heterocycles. The number of hydrogen-bond donors (Lipinski definition) is 0. The van der Waals surface area contributed by atoms with Gasteiger partial charge in [0.2, 0.25) is 0 Å². The number of para-hydroxylation sites is 1. The molecule has 4 rings (SSSR count). The molecule has 1 amide bonds. The first-order valence-corrected chi connectivity index (χ1v) is 10.2. The lowest BCUT2D eigenvalue weighted by atomic mass is 10.0. The highest BCUT2D eigenvalue weighted by atomic mass is 32.1. The highest BCUT2D eigenvalue weighted by molar-refractivity contribution is 7.18. The van der Waals surface area contributed by atoms with E-state index >= 15 is 0 Å². The van der Waals surface area contributed by atoms with E-state index in [0.29, 0.717) is 12.1 Å². The van der Waals surface area contributed by atoms with E-state index in [1.54, 1.807) is 46.3 Å². The average molecular weight is 409 g/mol. The van der Waals surface area contributed by atoms with Crippen LogP contribution in [0.2, 0.25) is 0 Å². The van der Waals surface area contributed by atoms with Gasteiger partial charge in [-0.05, 0) is 42.3 Å². The number of hydrogen-bond acceptors (Lipinski definition) is 4. The molecule has 4 aromatic rings. The number of fused-ring (bicyclic) bond motifs is 1. The standard InChI is InChI=1S/C22H21FN4OS/c1-14(2)21-17(12-24-27(21)16-10-8-15(23)9-11-16)22(28)26(3)13-20-25-18-6-4-5-7-19(18)29-20/h4-12,14H,13H2,1-3H3. The monoisotopic (exact) mass is 408 g/mol. The van der Waals surface area contributed by atoms with Gasteiger partial charge >= 0.3 is 0 Å². The Bertz CT molecular complexity index is 1130. The van der Waals surface area contributed by atoms with Crippen molar-refractivity contribution in [2.24, 2.45) is 0 Å². The summed E-state index contributed by atoms with van der Waals surface area (Å²) in [6.45, 7) is 4.46. The molecule has 0 spiro atoms. The smallest absolute Gasteiger partial charge is 0.257 e. The lowest BCUT2D eigenvalue weighted by Crippen LogP contribution is -2.27. The molecule has 5 nitrogen and oxygen atoms in total. The minimum absolute atomic E-state index is 0.0670. The van der Waals surface area contributed by atoms with Crippen LogP contribution in [0.5, 0.6) is 0 Å². The third kappa shape index (κ3) is 3.78. The number of carbonyl (C=O) groups excluding carboxylic acids is 1. The lowest BCUT2D eigenvalue weighted by Gasteiger charge is -2.18. The Hall–Kier alpha value is -3.06. The van der Waals surface area contributed by atoms with Crippen LogP contribution >= 0.6 is 11.3 Å². The Morgan fingerprint density at radius 3 is 2.59 bits per heavy atom. The molecule has 0 atom stereocenters. The van der Waals surface area contributed by atoms with Crippen LogP contribution in [0.1, 0.15) is 40.8 Å². The molecule has 7 heteroatoms. The number of aromatic nitrogens is 3. The van der Waals surface area contributed by atoms with Crippen LogP contribution in [-0.2, 0) is 6.54 Å². The Morgan fingerprint density at radius 1 is 1.17 bits per heavy atom. The summed E-state index contributed by atoms with van der Waals surface area (Å²) in [5, 5.41) is 5.30. The summed E-state index contributed by atoms with van der Waals surface area (Å²) < 4.78 is 16.1. The van der Waals surface area contributed by atoms with Gasteiger partial charge in [-0.2, -0.15) is 5.10 Å². The molecule has 0 saturated heterocycles. The minimum atomic E-state index is -0.307. The Labute approximate surface area is 172 Å². The van der Waals surface area contributed by atoms with Crippen LogP contribution in [0.15, 0.2) is 54.7 Å². The minimum Gasteiger partial charge on any atom is -0.335 e. The fraction of sp³-hybridized carbons (Fsp3) is 0.227. The molecule has 148 valence electrons. The molecule has 29 heavy (non-hydrogen) atoms. The second kappa shape index (κ2) is 7.75. The number of amides is 1. The first-order valence-electron chi connectivity index (χ1n) is 9.38. The van der Waals surface area contributed by atoms with E-state index in [-0.39, 0.29) is 17.6 Å². The van der Waals surface area contributed by atoms with E-state index in [4.69, 9.17) is 0 Å². The van der Waals surface area contributed by atoms with E-state index in [0.717, 1.165) is 26.6 Å². The predicted octanol–water partition coefficient (Wildman–Crippen LogP) is 5.02. The molecule has 0 aliphatic carbocycles. The fourth-order valence-corrected chi connectivity index (χ4v) is 4.36. The molecule has 0 fully saturated rings. The van der Waals surface area contributed by atoms with Gasteiger partial charge in [0.05, 0.1) is 39.9 Å². The first-order chi connectivity index (χ1) is 13.9.